The number of nitrogens with zero attached hydrogens (tertiary/aromatic N) is 5. The molecular weight excluding hydrogens is 403 g/mol. The molecule has 3 aromatic rings. The predicted molar refractivity (Wildman–Crippen MR) is 98.0 cm³/mol. The topological polar surface area (TPSA) is 81.9 Å². The van der Waals surface area contributed by atoms with E-state index in [1.54, 1.807) is 27.0 Å². The van der Waals surface area contributed by atoms with Crippen molar-refractivity contribution in [1.29, 1.82) is 0 Å². The van der Waals surface area contributed by atoms with Gasteiger partial charge >= 0.3 is 6.18 Å². The molecule has 30 heavy (non-hydrogen) atoms. The highest BCUT2D eigenvalue weighted by molar-refractivity contribution is 5.79. The molecule has 4 rings (SSSR count). The van der Waals surface area contributed by atoms with Crippen LogP contribution in [0.15, 0.2) is 18.2 Å². The van der Waals surface area contributed by atoms with Crippen molar-refractivity contribution in [1.82, 2.24) is 24.5 Å². The Bertz CT molecular complexity index is 1140. The number of halogens is 3. The van der Waals surface area contributed by atoms with Crippen molar-refractivity contribution in [2.75, 3.05) is 13.8 Å². The summed E-state index contributed by atoms with van der Waals surface area (Å²) in [6, 6.07) is 5.44. The molecule has 11 heteroatoms. The quantitative estimate of drug-likeness (QED) is 0.644. The first-order chi connectivity index (χ1) is 14.1. The van der Waals surface area contributed by atoms with E-state index in [9.17, 15) is 18.0 Å². The van der Waals surface area contributed by atoms with Gasteiger partial charge in [-0.05, 0) is 31.5 Å². The van der Waals surface area contributed by atoms with E-state index in [1.807, 2.05) is 12.1 Å². The van der Waals surface area contributed by atoms with Gasteiger partial charge in [-0.25, -0.2) is 9.50 Å². The van der Waals surface area contributed by atoms with Crippen LogP contribution in [0.3, 0.4) is 0 Å². The van der Waals surface area contributed by atoms with Gasteiger partial charge < -0.3 is 14.4 Å². The average molecular weight is 421 g/mol. The maximum absolute atomic E-state index is 12.9. The lowest BCUT2D eigenvalue weighted by Crippen LogP contribution is -2.28. The van der Waals surface area contributed by atoms with Crippen molar-refractivity contribution in [2.45, 2.75) is 33.0 Å². The lowest BCUT2D eigenvalue weighted by molar-refractivity contribution is -0.144. The maximum atomic E-state index is 12.9. The molecular formula is C19H18F3N5O3. The Morgan fingerprint density at radius 3 is 2.67 bits per heavy atom. The molecule has 158 valence electrons. The average Bonchev–Trinajstić information content (AvgIpc) is 3.31. The lowest BCUT2D eigenvalue weighted by Gasteiger charge is -2.19. The van der Waals surface area contributed by atoms with Crippen molar-refractivity contribution >= 4 is 11.7 Å². The number of fused-ring (bicyclic) bond motifs is 2. The van der Waals surface area contributed by atoms with Gasteiger partial charge in [-0.2, -0.15) is 18.2 Å². The number of carbonyl (C=O) groups is 1. The number of rotatable bonds is 4. The SMILES string of the molecule is Cc1nc2nc(C(F)(F)F)nn2c(C)c1CC(=O)N(C)Cc1ccc2c(c1)OCO2. The summed E-state index contributed by atoms with van der Waals surface area (Å²) >= 11 is 0. The number of amides is 1. The number of carbonyl (C=O) groups excluding carboxylic acids is 1. The van der Waals surface area contributed by atoms with Gasteiger partial charge in [-0.15, -0.1) is 5.10 Å². The van der Waals surface area contributed by atoms with E-state index in [1.165, 1.54) is 4.90 Å². The fourth-order valence-corrected chi connectivity index (χ4v) is 3.27. The minimum Gasteiger partial charge on any atom is -0.454 e. The van der Waals surface area contributed by atoms with Crippen LogP contribution in [0.2, 0.25) is 0 Å². The molecule has 1 aliphatic rings. The molecule has 0 radical (unpaired) electrons. The van der Waals surface area contributed by atoms with Crippen LogP contribution in [0.5, 0.6) is 11.5 Å². The first-order valence-corrected chi connectivity index (χ1v) is 9.06. The van der Waals surface area contributed by atoms with Crippen molar-refractivity contribution in [3.8, 4) is 11.5 Å². The maximum Gasteiger partial charge on any atom is 0.453 e. The number of alkyl halides is 3. The smallest absolute Gasteiger partial charge is 0.453 e. The highest BCUT2D eigenvalue weighted by Gasteiger charge is 2.37. The number of aryl methyl sites for hydroxylation is 2. The summed E-state index contributed by atoms with van der Waals surface area (Å²) in [5, 5.41) is 3.51. The second-order valence-corrected chi connectivity index (χ2v) is 7.02. The van der Waals surface area contributed by atoms with Gasteiger partial charge in [-0.3, -0.25) is 4.79 Å². The van der Waals surface area contributed by atoms with E-state index < -0.39 is 12.0 Å². The van der Waals surface area contributed by atoms with Crippen LogP contribution < -0.4 is 9.47 Å². The second-order valence-electron chi connectivity index (χ2n) is 7.02. The van der Waals surface area contributed by atoms with Gasteiger partial charge in [-0.1, -0.05) is 6.07 Å². The molecule has 8 nitrogen and oxygen atoms in total. The van der Waals surface area contributed by atoms with Crippen LogP contribution in [0.25, 0.3) is 5.78 Å². The molecule has 0 atom stereocenters. The third-order valence-electron chi connectivity index (χ3n) is 4.91. The summed E-state index contributed by atoms with van der Waals surface area (Å²) < 4.78 is 50.4. The van der Waals surface area contributed by atoms with Crippen molar-refractivity contribution in [2.24, 2.45) is 0 Å². The molecule has 0 fully saturated rings. The molecule has 1 aromatic carbocycles. The van der Waals surface area contributed by atoms with Crippen molar-refractivity contribution < 1.29 is 27.4 Å². The van der Waals surface area contributed by atoms with E-state index in [0.717, 1.165) is 10.1 Å². The fraction of sp³-hybridized carbons (Fsp3) is 0.368. The third-order valence-corrected chi connectivity index (χ3v) is 4.91. The summed E-state index contributed by atoms with van der Waals surface area (Å²) in [5.74, 6) is -0.343. The molecule has 0 aliphatic carbocycles. The number of benzene rings is 1. The second kappa shape index (κ2) is 7.15. The molecule has 0 spiro atoms. The Morgan fingerprint density at radius 2 is 1.93 bits per heavy atom. The van der Waals surface area contributed by atoms with Crippen LogP contribution in [0.4, 0.5) is 13.2 Å². The first kappa shape index (κ1) is 19.9. The van der Waals surface area contributed by atoms with E-state index in [4.69, 9.17) is 9.47 Å². The van der Waals surface area contributed by atoms with Gasteiger partial charge in [0.05, 0.1) is 6.42 Å². The van der Waals surface area contributed by atoms with Gasteiger partial charge in [0.15, 0.2) is 11.5 Å². The molecule has 0 unspecified atom stereocenters. The highest BCUT2D eigenvalue weighted by Crippen LogP contribution is 2.33. The molecule has 0 N–H and O–H groups in total. The summed E-state index contributed by atoms with van der Waals surface area (Å²) in [6.07, 6.45) is -4.70. The minimum atomic E-state index is -4.67. The summed E-state index contributed by atoms with van der Waals surface area (Å²) in [4.78, 5) is 21.8. The molecule has 3 heterocycles. The summed E-state index contributed by atoms with van der Waals surface area (Å²) in [5.41, 5.74) is 2.21. The Kier molecular flexibility index (Phi) is 4.75. The Morgan fingerprint density at radius 1 is 1.20 bits per heavy atom. The third kappa shape index (κ3) is 3.62. The van der Waals surface area contributed by atoms with Gasteiger partial charge in [0.2, 0.25) is 12.7 Å². The van der Waals surface area contributed by atoms with Crippen LogP contribution in [-0.2, 0) is 23.9 Å². The first-order valence-electron chi connectivity index (χ1n) is 9.06. The van der Waals surface area contributed by atoms with E-state index in [-0.39, 0.29) is 24.9 Å². The molecule has 0 saturated carbocycles. The molecule has 1 aliphatic heterocycles. The minimum absolute atomic E-state index is 0.0249. The Labute approximate surface area is 169 Å². The van der Waals surface area contributed by atoms with Crippen LogP contribution in [0, 0.1) is 13.8 Å². The van der Waals surface area contributed by atoms with Crippen molar-refractivity contribution in [3.05, 3.63) is 46.5 Å². The monoisotopic (exact) mass is 421 g/mol. The number of hydrogen-bond donors (Lipinski definition) is 0. The van der Waals surface area contributed by atoms with E-state index in [0.29, 0.717) is 35.0 Å². The largest absolute Gasteiger partial charge is 0.454 e. The van der Waals surface area contributed by atoms with E-state index >= 15 is 0 Å². The molecule has 0 bridgehead atoms. The normalized spacial score (nSPS) is 13.1. The van der Waals surface area contributed by atoms with Crippen LogP contribution >= 0.6 is 0 Å². The highest BCUT2D eigenvalue weighted by atomic mass is 19.4. The fourth-order valence-electron chi connectivity index (χ4n) is 3.27. The van der Waals surface area contributed by atoms with Crippen LogP contribution in [0.1, 0.15) is 28.3 Å². The zero-order chi connectivity index (χ0) is 21.6. The van der Waals surface area contributed by atoms with Gasteiger partial charge in [0.25, 0.3) is 11.6 Å². The number of ether oxygens (including phenoxy) is 2. The van der Waals surface area contributed by atoms with Gasteiger partial charge in [0.1, 0.15) is 0 Å². The Hall–Kier alpha value is -3.37. The zero-order valence-electron chi connectivity index (χ0n) is 16.4. The predicted octanol–water partition coefficient (Wildman–Crippen LogP) is 2.69. The zero-order valence-corrected chi connectivity index (χ0v) is 16.4. The molecule has 2 aromatic heterocycles. The van der Waals surface area contributed by atoms with Gasteiger partial charge in [0, 0.05) is 30.5 Å². The molecule has 1 amide bonds. The van der Waals surface area contributed by atoms with Crippen molar-refractivity contribution in [3.63, 3.8) is 0 Å². The Balaban J connectivity index is 1.54. The molecule has 0 saturated heterocycles. The number of hydrogen-bond acceptors (Lipinski definition) is 6. The lowest BCUT2D eigenvalue weighted by atomic mass is 10.1. The summed E-state index contributed by atoms with van der Waals surface area (Å²) in [6.45, 7) is 3.73. The number of likely N-dealkylation sites (N-methyl/N-ethyl adjacent to an activating group) is 1. The van der Waals surface area contributed by atoms with Crippen LogP contribution in [-0.4, -0.2) is 44.2 Å². The van der Waals surface area contributed by atoms with E-state index in [2.05, 4.69) is 15.1 Å². The standard InChI is InChI=1S/C19H18F3N5O3/c1-10-13(11(2)27-18(23-10)24-17(25-27)19(20,21)22)7-16(28)26(3)8-12-4-5-14-15(6-12)30-9-29-14/h4-6H,7-9H2,1-3H3. The summed E-state index contributed by atoms with van der Waals surface area (Å²) in [7, 11) is 1.65. The number of aromatic nitrogens is 4.